The molecule has 0 radical (unpaired) electrons. The predicted octanol–water partition coefficient (Wildman–Crippen LogP) is 3.11. The van der Waals surface area contributed by atoms with Gasteiger partial charge in [-0.3, -0.25) is 4.99 Å². The minimum Gasteiger partial charge on any atom is -0.370 e. The zero-order valence-electron chi connectivity index (χ0n) is 15.4. The van der Waals surface area contributed by atoms with E-state index < -0.39 is 15.8 Å². The molecule has 0 unspecified atom stereocenters. The summed E-state index contributed by atoms with van der Waals surface area (Å²) < 4.78 is 38.9. The fourth-order valence-corrected chi connectivity index (χ4v) is 3.61. The molecule has 0 bridgehead atoms. The minimum atomic E-state index is -3.69. The second-order valence-corrected chi connectivity index (χ2v) is 8.09. The van der Waals surface area contributed by atoms with Crippen LogP contribution in [0.4, 0.5) is 10.1 Å². The molecule has 0 aliphatic heterocycles. The van der Waals surface area contributed by atoms with Crippen molar-refractivity contribution in [1.29, 1.82) is 0 Å². The van der Waals surface area contributed by atoms with Gasteiger partial charge < -0.3 is 11.1 Å². The molecular weight excluding hydrogens is 482 g/mol. The number of aliphatic imine (C=N–C) groups is 1. The van der Waals surface area contributed by atoms with Crippen LogP contribution in [0.1, 0.15) is 11.1 Å². The van der Waals surface area contributed by atoms with Gasteiger partial charge in [0.15, 0.2) is 5.96 Å². The van der Waals surface area contributed by atoms with Gasteiger partial charge in [0, 0.05) is 19.3 Å². The summed E-state index contributed by atoms with van der Waals surface area (Å²) >= 11 is 0. The first-order chi connectivity index (χ1) is 12.2. The molecule has 0 spiro atoms. The molecule has 2 rings (SSSR count). The maximum Gasteiger partial charge on any atom is 0.242 e. The van der Waals surface area contributed by atoms with Crippen LogP contribution in [0.15, 0.2) is 52.4 Å². The lowest BCUT2D eigenvalue weighted by Gasteiger charge is -2.16. The number of hydrogen-bond donors (Lipinski definition) is 2. The molecule has 0 atom stereocenters. The molecule has 0 amide bonds. The Hall–Kier alpha value is -1.72. The van der Waals surface area contributed by atoms with Crippen LogP contribution in [0.2, 0.25) is 0 Å². The van der Waals surface area contributed by atoms with Crippen molar-refractivity contribution in [2.24, 2.45) is 10.7 Å². The summed E-state index contributed by atoms with van der Waals surface area (Å²) in [5, 5.41) is 2.99. The first-order valence-corrected chi connectivity index (χ1v) is 9.49. The van der Waals surface area contributed by atoms with Gasteiger partial charge in [0.25, 0.3) is 0 Å². The average molecular weight is 506 g/mol. The first kappa shape index (κ1) is 23.3. The second kappa shape index (κ2) is 10.00. The van der Waals surface area contributed by atoms with Gasteiger partial charge in [0.05, 0.1) is 11.4 Å². The van der Waals surface area contributed by atoms with Crippen LogP contribution in [0.3, 0.4) is 0 Å². The van der Waals surface area contributed by atoms with Gasteiger partial charge in [-0.2, -0.15) is 4.31 Å². The van der Waals surface area contributed by atoms with Gasteiger partial charge >= 0.3 is 0 Å². The zero-order chi connectivity index (χ0) is 19.3. The third kappa shape index (κ3) is 6.74. The van der Waals surface area contributed by atoms with Gasteiger partial charge in [-0.05, 0) is 61.4 Å². The highest BCUT2D eigenvalue weighted by molar-refractivity contribution is 14.0. The molecule has 0 aliphatic carbocycles. The van der Waals surface area contributed by atoms with Gasteiger partial charge in [0.2, 0.25) is 10.0 Å². The second-order valence-electron chi connectivity index (χ2n) is 6.05. The number of halogens is 2. The largest absolute Gasteiger partial charge is 0.370 e. The van der Waals surface area contributed by atoms with E-state index in [0.29, 0.717) is 0 Å². The highest BCUT2D eigenvalue weighted by Gasteiger charge is 2.20. The Kier molecular flexibility index (Phi) is 8.63. The summed E-state index contributed by atoms with van der Waals surface area (Å²) in [5.41, 5.74) is 8.89. The van der Waals surface area contributed by atoms with Crippen LogP contribution in [0, 0.1) is 19.7 Å². The number of hydrogen-bond acceptors (Lipinski definition) is 3. The molecular formula is C18H24FIN4O2S. The lowest BCUT2D eigenvalue weighted by atomic mass is 10.1. The van der Waals surface area contributed by atoms with Gasteiger partial charge in [0.1, 0.15) is 5.82 Å². The number of nitrogens with zero attached hydrogens (tertiary/aromatic N) is 2. The van der Waals surface area contributed by atoms with Crippen LogP contribution in [0.5, 0.6) is 0 Å². The summed E-state index contributed by atoms with van der Waals surface area (Å²) in [6, 6.07) is 10.6. The summed E-state index contributed by atoms with van der Waals surface area (Å²) in [5.74, 6) is -0.274. The molecule has 0 saturated carbocycles. The van der Waals surface area contributed by atoms with Gasteiger partial charge in [-0.15, -0.1) is 24.0 Å². The fourth-order valence-electron chi connectivity index (χ4n) is 2.45. The Balaban J connectivity index is 0.00000364. The van der Waals surface area contributed by atoms with Crippen LogP contribution in [-0.2, 0) is 10.0 Å². The third-order valence-corrected chi connectivity index (χ3v) is 5.58. The van der Waals surface area contributed by atoms with Crippen molar-refractivity contribution in [3.8, 4) is 0 Å². The summed E-state index contributed by atoms with van der Waals surface area (Å²) in [6.07, 6.45) is 0. The summed E-state index contributed by atoms with van der Waals surface area (Å²) in [6.45, 7) is 4.32. The molecule has 6 nitrogen and oxygen atoms in total. The normalized spacial score (nSPS) is 12.0. The van der Waals surface area contributed by atoms with Crippen LogP contribution in [-0.4, -0.2) is 38.8 Å². The molecule has 3 N–H and O–H groups in total. The lowest BCUT2D eigenvalue weighted by Crippen LogP contribution is -2.30. The topological polar surface area (TPSA) is 87.8 Å². The number of benzene rings is 2. The van der Waals surface area contributed by atoms with E-state index in [0.717, 1.165) is 33.3 Å². The smallest absolute Gasteiger partial charge is 0.242 e. The third-order valence-electron chi connectivity index (χ3n) is 3.71. The first-order valence-electron chi connectivity index (χ1n) is 8.05. The molecule has 0 heterocycles. The van der Waals surface area contributed by atoms with Crippen molar-refractivity contribution < 1.29 is 12.8 Å². The number of guanidine groups is 1. The van der Waals surface area contributed by atoms with Crippen molar-refractivity contribution in [1.82, 2.24) is 4.31 Å². The highest BCUT2D eigenvalue weighted by atomic mass is 127. The molecule has 0 saturated heterocycles. The number of sulfonamides is 1. The maximum absolute atomic E-state index is 12.9. The Morgan fingerprint density at radius 3 is 2.26 bits per heavy atom. The van der Waals surface area contributed by atoms with Crippen molar-refractivity contribution in [3.63, 3.8) is 0 Å². The number of aryl methyl sites for hydroxylation is 2. The van der Waals surface area contributed by atoms with E-state index in [1.165, 1.54) is 19.2 Å². The number of anilines is 1. The van der Waals surface area contributed by atoms with Crippen molar-refractivity contribution in [2.75, 3.05) is 25.5 Å². The van der Waals surface area contributed by atoms with E-state index in [-0.39, 0.29) is 47.9 Å². The molecule has 148 valence electrons. The summed E-state index contributed by atoms with van der Waals surface area (Å²) in [7, 11) is -2.24. The Morgan fingerprint density at radius 2 is 1.70 bits per heavy atom. The zero-order valence-corrected chi connectivity index (χ0v) is 18.6. The molecule has 2 aromatic rings. The quantitative estimate of drug-likeness (QED) is 0.358. The number of rotatable bonds is 6. The Labute approximate surface area is 176 Å². The maximum atomic E-state index is 12.9. The fraction of sp³-hybridized carbons (Fsp3) is 0.278. The van der Waals surface area contributed by atoms with E-state index in [9.17, 15) is 12.8 Å². The van der Waals surface area contributed by atoms with Gasteiger partial charge in [-0.1, -0.05) is 6.07 Å². The molecule has 0 aliphatic rings. The van der Waals surface area contributed by atoms with Crippen LogP contribution < -0.4 is 11.1 Å². The van der Waals surface area contributed by atoms with Crippen LogP contribution >= 0.6 is 24.0 Å². The van der Waals surface area contributed by atoms with Crippen molar-refractivity contribution in [2.45, 2.75) is 18.7 Å². The van der Waals surface area contributed by atoms with E-state index in [1.54, 1.807) is 0 Å². The average Bonchev–Trinajstić information content (AvgIpc) is 2.54. The summed E-state index contributed by atoms with van der Waals surface area (Å²) in [4.78, 5) is 4.19. The number of likely N-dealkylation sites (N-methyl/N-ethyl adjacent to an activating group) is 1. The molecule has 27 heavy (non-hydrogen) atoms. The predicted molar refractivity (Wildman–Crippen MR) is 118 cm³/mol. The number of nitrogens with one attached hydrogen (secondary N) is 1. The minimum absolute atomic E-state index is 0. The van der Waals surface area contributed by atoms with Crippen molar-refractivity contribution >= 4 is 45.6 Å². The van der Waals surface area contributed by atoms with E-state index in [4.69, 9.17) is 5.73 Å². The monoisotopic (exact) mass is 506 g/mol. The molecule has 0 fully saturated rings. The Bertz CT molecular complexity index is 882. The highest BCUT2D eigenvalue weighted by Crippen LogP contribution is 2.15. The van der Waals surface area contributed by atoms with Crippen LogP contribution in [0.25, 0.3) is 0 Å². The van der Waals surface area contributed by atoms with E-state index >= 15 is 0 Å². The van der Waals surface area contributed by atoms with Gasteiger partial charge in [-0.25, -0.2) is 12.8 Å². The Morgan fingerprint density at radius 1 is 1.15 bits per heavy atom. The van der Waals surface area contributed by atoms with E-state index in [1.807, 2.05) is 32.0 Å². The molecule has 9 heteroatoms. The van der Waals surface area contributed by atoms with E-state index in [2.05, 4.69) is 10.3 Å². The standard InChI is InChI=1S/C18H23FN4O2S.HI/c1-13-10-14(2)12-16(11-13)22-18(20)21-8-9-23(3)26(24,25)17-6-4-15(19)5-7-17;/h4-7,10-12H,8-9H2,1-3H3,(H3,20,21,22);1H. The SMILES string of the molecule is Cc1cc(C)cc(NC(N)=NCCN(C)S(=O)(=O)c2ccc(F)cc2)c1.I. The number of nitrogens with two attached hydrogens (primary N) is 1. The lowest BCUT2D eigenvalue weighted by molar-refractivity contribution is 0.477. The van der Waals surface area contributed by atoms with Crippen molar-refractivity contribution in [3.05, 3.63) is 59.4 Å². The molecule has 2 aromatic carbocycles. The molecule has 0 aromatic heterocycles.